The summed E-state index contributed by atoms with van der Waals surface area (Å²) in [5, 5.41) is 30.0. The second-order valence-corrected chi connectivity index (χ2v) is 6.77. The zero-order valence-electron chi connectivity index (χ0n) is 17.2. The summed E-state index contributed by atoms with van der Waals surface area (Å²) in [6.45, 7) is 2.06. The molecule has 0 aliphatic heterocycles. The first-order valence-electron chi connectivity index (χ1n) is 9.69. The van der Waals surface area contributed by atoms with E-state index in [0.717, 1.165) is 16.7 Å². The van der Waals surface area contributed by atoms with Gasteiger partial charge in [0.15, 0.2) is 5.69 Å². The molecule has 4 aromatic rings. The number of nitrogens with one attached hydrogen (secondary N) is 1. The molecule has 13 nitrogen and oxygen atoms in total. The van der Waals surface area contributed by atoms with Crippen LogP contribution in [-0.2, 0) is 6.42 Å². The number of carbonyl (C=O) groups excluding carboxylic acids is 1. The van der Waals surface area contributed by atoms with Crippen molar-refractivity contribution in [3.8, 4) is 17.1 Å². The first-order valence-corrected chi connectivity index (χ1v) is 9.69. The van der Waals surface area contributed by atoms with Crippen LogP contribution in [0.4, 0.5) is 11.5 Å². The van der Waals surface area contributed by atoms with Crippen molar-refractivity contribution < 1.29 is 14.3 Å². The van der Waals surface area contributed by atoms with Crippen LogP contribution in [0.1, 0.15) is 28.5 Å². The van der Waals surface area contributed by atoms with E-state index in [2.05, 4.69) is 42.7 Å². The Morgan fingerprint density at radius 1 is 1.21 bits per heavy atom. The highest BCUT2D eigenvalue weighted by atomic mass is 16.6. The van der Waals surface area contributed by atoms with E-state index in [1.165, 1.54) is 36.0 Å². The number of rotatable bonds is 7. The normalized spacial score (nSPS) is 11.1. The summed E-state index contributed by atoms with van der Waals surface area (Å²) >= 11 is 0. The first kappa shape index (κ1) is 21.3. The monoisotopic (exact) mass is 447 g/mol. The second-order valence-electron chi connectivity index (χ2n) is 6.77. The Morgan fingerprint density at radius 2 is 1.94 bits per heavy atom. The van der Waals surface area contributed by atoms with Crippen molar-refractivity contribution in [3.63, 3.8) is 0 Å². The topological polar surface area (TPSA) is 180 Å². The number of hydrogen-bond donors (Lipinski definition) is 2. The SMILES string of the molecule is CCc1ccc(/C=N/NC(=O)c2nnn(-c3nonc3N)c2-c2ccc([N+](=O)[O-])cc2)cc1. The van der Waals surface area contributed by atoms with Crippen LogP contribution in [0.15, 0.2) is 58.3 Å². The van der Waals surface area contributed by atoms with Crippen molar-refractivity contribution in [2.24, 2.45) is 5.10 Å². The standard InChI is InChI=1S/C20H17N9O4/c1-2-12-3-5-13(6-4-12)11-22-24-20(30)16-17(14-7-9-15(10-8-14)29(31)32)28(27-23-16)19-18(21)25-33-26-19/h3-11H,2H2,1H3,(H2,21,25)(H,24,30)/b22-11+. The van der Waals surface area contributed by atoms with Crippen LogP contribution >= 0.6 is 0 Å². The van der Waals surface area contributed by atoms with Crippen molar-refractivity contribution >= 4 is 23.6 Å². The van der Waals surface area contributed by atoms with Crippen molar-refractivity contribution in [2.75, 3.05) is 5.73 Å². The molecule has 0 spiro atoms. The van der Waals surface area contributed by atoms with Crippen molar-refractivity contribution in [3.05, 3.63) is 75.5 Å². The zero-order chi connectivity index (χ0) is 23.4. The maximum Gasteiger partial charge on any atom is 0.294 e. The van der Waals surface area contributed by atoms with E-state index in [1.54, 1.807) is 0 Å². The van der Waals surface area contributed by atoms with Gasteiger partial charge in [0.1, 0.15) is 5.69 Å². The van der Waals surface area contributed by atoms with Gasteiger partial charge >= 0.3 is 0 Å². The van der Waals surface area contributed by atoms with E-state index in [9.17, 15) is 14.9 Å². The van der Waals surface area contributed by atoms with Gasteiger partial charge in [0.25, 0.3) is 11.6 Å². The Morgan fingerprint density at radius 3 is 2.55 bits per heavy atom. The van der Waals surface area contributed by atoms with E-state index in [0.29, 0.717) is 5.56 Å². The molecular formula is C20H17N9O4. The van der Waals surface area contributed by atoms with Gasteiger partial charge in [-0.3, -0.25) is 14.9 Å². The fraction of sp³-hybridized carbons (Fsp3) is 0.100. The average Bonchev–Trinajstić information content (AvgIpc) is 3.45. The minimum atomic E-state index is -0.661. The Kier molecular flexibility index (Phi) is 5.84. The number of nitrogens with two attached hydrogens (primary N) is 1. The van der Waals surface area contributed by atoms with E-state index in [-0.39, 0.29) is 28.7 Å². The molecule has 0 saturated heterocycles. The number of benzene rings is 2. The Hall–Kier alpha value is -4.94. The van der Waals surface area contributed by atoms with E-state index >= 15 is 0 Å². The number of aromatic nitrogens is 5. The van der Waals surface area contributed by atoms with Gasteiger partial charge in [-0.05, 0) is 40.0 Å². The molecule has 0 aliphatic carbocycles. The molecule has 13 heteroatoms. The molecule has 0 radical (unpaired) electrons. The number of nitro groups is 1. The smallest absolute Gasteiger partial charge is 0.294 e. The number of nitrogen functional groups attached to an aromatic ring is 1. The molecule has 3 N–H and O–H groups in total. The number of nitrogens with zero attached hydrogens (tertiary/aromatic N) is 7. The fourth-order valence-corrected chi connectivity index (χ4v) is 2.98. The molecule has 2 aromatic carbocycles. The number of hydrogen-bond acceptors (Lipinski definition) is 10. The van der Waals surface area contributed by atoms with E-state index in [4.69, 9.17) is 5.73 Å². The maximum absolute atomic E-state index is 12.8. The van der Waals surface area contributed by atoms with Crippen LogP contribution in [0.2, 0.25) is 0 Å². The van der Waals surface area contributed by atoms with Crippen LogP contribution in [0, 0.1) is 10.1 Å². The average molecular weight is 447 g/mol. The predicted molar refractivity (Wildman–Crippen MR) is 117 cm³/mol. The molecule has 1 amide bonds. The number of nitro benzene ring substituents is 1. The molecular weight excluding hydrogens is 430 g/mol. The van der Waals surface area contributed by atoms with Gasteiger partial charge in [-0.15, -0.1) is 5.10 Å². The lowest BCUT2D eigenvalue weighted by Gasteiger charge is -2.05. The zero-order valence-corrected chi connectivity index (χ0v) is 17.2. The van der Waals surface area contributed by atoms with Crippen molar-refractivity contribution in [1.29, 1.82) is 0 Å². The summed E-state index contributed by atoms with van der Waals surface area (Å²) in [4.78, 5) is 23.3. The number of non-ortho nitro benzene ring substituents is 1. The van der Waals surface area contributed by atoms with Crippen LogP contribution in [-0.4, -0.2) is 42.4 Å². The third-order valence-electron chi connectivity index (χ3n) is 4.70. The molecule has 0 unspecified atom stereocenters. The van der Waals surface area contributed by atoms with Gasteiger partial charge in [0.2, 0.25) is 11.6 Å². The molecule has 0 atom stereocenters. The minimum absolute atomic E-state index is 0.00872. The van der Waals surface area contributed by atoms with Gasteiger partial charge in [0, 0.05) is 17.7 Å². The summed E-state index contributed by atoms with van der Waals surface area (Å²) < 4.78 is 5.78. The number of carbonyl (C=O) groups is 1. The fourth-order valence-electron chi connectivity index (χ4n) is 2.98. The first-order chi connectivity index (χ1) is 16.0. The Labute approximate surface area is 186 Å². The van der Waals surface area contributed by atoms with Crippen molar-refractivity contribution in [2.45, 2.75) is 13.3 Å². The highest BCUT2D eigenvalue weighted by Gasteiger charge is 2.25. The highest BCUT2D eigenvalue weighted by molar-refractivity contribution is 5.98. The van der Waals surface area contributed by atoms with Crippen LogP contribution in [0.3, 0.4) is 0 Å². The Bertz CT molecular complexity index is 1320. The van der Waals surface area contributed by atoms with Crippen molar-refractivity contribution in [1.82, 2.24) is 30.7 Å². The van der Waals surface area contributed by atoms with E-state index in [1.807, 2.05) is 24.3 Å². The largest absolute Gasteiger partial charge is 0.378 e. The molecule has 2 aromatic heterocycles. The molecule has 2 heterocycles. The molecule has 4 rings (SSSR count). The quantitative estimate of drug-likeness (QED) is 0.244. The van der Waals surface area contributed by atoms with E-state index < -0.39 is 10.8 Å². The lowest BCUT2D eigenvalue weighted by molar-refractivity contribution is -0.384. The molecule has 0 fully saturated rings. The summed E-state index contributed by atoms with van der Waals surface area (Å²) in [5.41, 5.74) is 10.5. The third kappa shape index (κ3) is 4.41. The third-order valence-corrected chi connectivity index (χ3v) is 4.70. The number of aryl methyl sites for hydroxylation is 1. The van der Waals surface area contributed by atoms with Gasteiger partial charge in [-0.2, -0.15) is 9.78 Å². The van der Waals surface area contributed by atoms with Gasteiger partial charge < -0.3 is 5.73 Å². The highest BCUT2D eigenvalue weighted by Crippen LogP contribution is 2.28. The molecule has 33 heavy (non-hydrogen) atoms. The van der Waals surface area contributed by atoms with Crippen LogP contribution in [0.25, 0.3) is 17.1 Å². The lowest BCUT2D eigenvalue weighted by Crippen LogP contribution is -2.19. The molecule has 166 valence electrons. The molecule has 0 aliphatic rings. The maximum atomic E-state index is 12.8. The summed E-state index contributed by atoms with van der Waals surface area (Å²) in [5.74, 6) is -0.732. The lowest BCUT2D eigenvalue weighted by atomic mass is 10.1. The minimum Gasteiger partial charge on any atom is -0.378 e. The number of hydrazone groups is 1. The summed E-state index contributed by atoms with van der Waals surface area (Å²) in [6, 6.07) is 13.2. The number of anilines is 1. The second kappa shape index (κ2) is 9.05. The Balaban J connectivity index is 1.66. The van der Waals surface area contributed by atoms with Crippen LogP contribution in [0.5, 0.6) is 0 Å². The summed E-state index contributed by atoms with van der Waals surface area (Å²) in [7, 11) is 0. The summed E-state index contributed by atoms with van der Waals surface area (Å²) in [6.07, 6.45) is 2.41. The molecule has 0 bridgehead atoms. The van der Waals surface area contributed by atoms with Crippen LogP contribution < -0.4 is 11.2 Å². The molecule has 0 saturated carbocycles. The predicted octanol–water partition coefficient (Wildman–Crippen LogP) is 2.13. The van der Waals surface area contributed by atoms with Gasteiger partial charge in [-0.1, -0.05) is 36.4 Å². The van der Waals surface area contributed by atoms with Gasteiger partial charge in [0.05, 0.1) is 11.1 Å². The van der Waals surface area contributed by atoms with Gasteiger partial charge in [-0.25, -0.2) is 10.1 Å². The number of amides is 1.